The van der Waals surface area contributed by atoms with E-state index in [1.54, 1.807) is 12.1 Å². The summed E-state index contributed by atoms with van der Waals surface area (Å²) in [4.78, 5) is 0. The number of nitrogens with two attached hydrogens (primary N) is 1. The average Bonchev–Trinajstić information content (AvgIpc) is 2.29. The van der Waals surface area contributed by atoms with Crippen molar-refractivity contribution in [2.45, 2.75) is 26.2 Å². The Bertz CT molecular complexity index is 328. The van der Waals surface area contributed by atoms with Crippen LogP contribution >= 0.6 is 0 Å². The van der Waals surface area contributed by atoms with E-state index in [-0.39, 0.29) is 11.7 Å². The van der Waals surface area contributed by atoms with Gasteiger partial charge >= 0.3 is 0 Å². The number of hydrogen-bond donors (Lipinski definition) is 1. The minimum atomic E-state index is -0.205. The number of ether oxygens (including phenoxy) is 1. The summed E-state index contributed by atoms with van der Waals surface area (Å²) in [5.74, 6) is 0.516. The Labute approximate surface area is 103 Å². The van der Waals surface area contributed by atoms with E-state index in [0.717, 1.165) is 18.6 Å². The minimum Gasteiger partial charge on any atom is -0.381 e. The first-order chi connectivity index (χ1) is 8.13. The lowest BCUT2D eigenvalue weighted by atomic mass is 9.96. The maximum Gasteiger partial charge on any atom is 0.123 e. The van der Waals surface area contributed by atoms with Crippen LogP contribution in [0.4, 0.5) is 4.39 Å². The summed E-state index contributed by atoms with van der Waals surface area (Å²) in [6.07, 6.45) is 0.840. The lowest BCUT2D eigenvalue weighted by Gasteiger charge is -2.16. The van der Waals surface area contributed by atoms with E-state index in [1.165, 1.54) is 6.07 Å². The topological polar surface area (TPSA) is 35.2 Å². The minimum absolute atomic E-state index is 0.179. The smallest absolute Gasteiger partial charge is 0.123 e. The summed E-state index contributed by atoms with van der Waals surface area (Å²) >= 11 is 0. The molecule has 0 amide bonds. The highest BCUT2D eigenvalue weighted by Crippen LogP contribution is 2.19. The molecule has 1 unspecified atom stereocenters. The fraction of sp³-hybridized carbons (Fsp3) is 0.571. The van der Waals surface area contributed by atoms with Crippen LogP contribution in [0.15, 0.2) is 24.3 Å². The molecule has 1 rings (SSSR count). The average molecular weight is 239 g/mol. The van der Waals surface area contributed by atoms with E-state index < -0.39 is 0 Å². The fourth-order valence-corrected chi connectivity index (χ4v) is 1.73. The fourth-order valence-electron chi connectivity index (χ4n) is 1.73. The zero-order valence-corrected chi connectivity index (χ0v) is 10.7. The van der Waals surface area contributed by atoms with E-state index in [1.807, 2.05) is 6.07 Å². The van der Waals surface area contributed by atoms with Crippen molar-refractivity contribution in [3.63, 3.8) is 0 Å². The highest BCUT2D eigenvalue weighted by molar-refractivity contribution is 5.20. The van der Waals surface area contributed by atoms with E-state index in [2.05, 4.69) is 13.8 Å². The van der Waals surface area contributed by atoms with Crippen LogP contribution in [0, 0.1) is 11.7 Å². The summed E-state index contributed by atoms with van der Waals surface area (Å²) in [6, 6.07) is 6.65. The van der Waals surface area contributed by atoms with Gasteiger partial charge < -0.3 is 10.5 Å². The van der Waals surface area contributed by atoms with Gasteiger partial charge in [0.05, 0.1) is 0 Å². The van der Waals surface area contributed by atoms with Gasteiger partial charge in [0.25, 0.3) is 0 Å². The Morgan fingerprint density at radius 3 is 2.71 bits per heavy atom. The first-order valence-electron chi connectivity index (χ1n) is 6.16. The molecule has 0 saturated heterocycles. The van der Waals surface area contributed by atoms with Gasteiger partial charge in [-0.2, -0.15) is 0 Å². The monoisotopic (exact) mass is 239 g/mol. The molecule has 1 aromatic rings. The Morgan fingerprint density at radius 1 is 1.35 bits per heavy atom. The van der Waals surface area contributed by atoms with E-state index in [0.29, 0.717) is 19.1 Å². The molecule has 17 heavy (non-hydrogen) atoms. The molecule has 0 fully saturated rings. The molecule has 3 heteroatoms. The summed E-state index contributed by atoms with van der Waals surface area (Å²) in [6.45, 7) is 6.20. The van der Waals surface area contributed by atoms with Crippen LogP contribution in [0.5, 0.6) is 0 Å². The maximum atomic E-state index is 13.1. The van der Waals surface area contributed by atoms with E-state index >= 15 is 0 Å². The van der Waals surface area contributed by atoms with Gasteiger partial charge in [-0.15, -0.1) is 0 Å². The molecule has 0 aliphatic carbocycles. The molecule has 0 spiro atoms. The first kappa shape index (κ1) is 14.1. The third-order valence-electron chi connectivity index (χ3n) is 2.67. The summed E-state index contributed by atoms with van der Waals surface area (Å²) in [7, 11) is 0. The van der Waals surface area contributed by atoms with Crippen LogP contribution in [0.25, 0.3) is 0 Å². The second-order valence-electron chi connectivity index (χ2n) is 4.75. The second kappa shape index (κ2) is 7.41. The lowest BCUT2D eigenvalue weighted by molar-refractivity contribution is 0.104. The molecule has 1 aromatic carbocycles. The predicted octanol–water partition coefficient (Wildman–Crippen LogP) is 2.93. The van der Waals surface area contributed by atoms with Crippen LogP contribution in [-0.4, -0.2) is 19.8 Å². The van der Waals surface area contributed by atoms with Crippen molar-refractivity contribution in [2.24, 2.45) is 11.7 Å². The number of benzene rings is 1. The summed E-state index contributed by atoms with van der Waals surface area (Å²) in [5.41, 5.74) is 6.68. The van der Waals surface area contributed by atoms with Crippen molar-refractivity contribution in [3.8, 4) is 0 Å². The van der Waals surface area contributed by atoms with Gasteiger partial charge in [-0.1, -0.05) is 26.0 Å². The molecular formula is C14H22FNO. The molecule has 0 heterocycles. The molecule has 0 aliphatic rings. The molecule has 0 bridgehead atoms. The highest BCUT2D eigenvalue weighted by Gasteiger charge is 2.10. The third kappa shape index (κ3) is 5.29. The van der Waals surface area contributed by atoms with Crippen LogP contribution in [-0.2, 0) is 4.74 Å². The summed E-state index contributed by atoms with van der Waals surface area (Å²) in [5, 5.41) is 0. The highest BCUT2D eigenvalue weighted by atomic mass is 19.1. The molecule has 0 saturated carbocycles. The Balaban J connectivity index is 2.43. The Hall–Kier alpha value is -0.930. The zero-order valence-electron chi connectivity index (χ0n) is 10.7. The number of rotatable bonds is 7. The lowest BCUT2D eigenvalue weighted by Crippen LogP contribution is -2.15. The Kier molecular flexibility index (Phi) is 6.16. The van der Waals surface area contributed by atoms with E-state index in [9.17, 15) is 4.39 Å². The zero-order chi connectivity index (χ0) is 12.7. The molecule has 2 N–H and O–H groups in total. The van der Waals surface area contributed by atoms with Crippen LogP contribution in [0.1, 0.15) is 31.7 Å². The van der Waals surface area contributed by atoms with E-state index in [4.69, 9.17) is 10.5 Å². The quantitative estimate of drug-likeness (QED) is 0.742. The maximum absolute atomic E-state index is 13.1. The number of halogens is 1. The van der Waals surface area contributed by atoms with Gasteiger partial charge in [-0.3, -0.25) is 0 Å². The molecule has 0 aromatic heterocycles. The van der Waals surface area contributed by atoms with Crippen molar-refractivity contribution >= 4 is 0 Å². The molecule has 96 valence electrons. The van der Waals surface area contributed by atoms with Crippen molar-refractivity contribution in [2.75, 3.05) is 19.8 Å². The normalized spacial score (nSPS) is 13.0. The predicted molar refractivity (Wildman–Crippen MR) is 68.5 cm³/mol. The van der Waals surface area contributed by atoms with Gasteiger partial charge in [-0.25, -0.2) is 4.39 Å². The molecular weight excluding hydrogens is 217 g/mol. The van der Waals surface area contributed by atoms with Crippen molar-refractivity contribution in [1.29, 1.82) is 0 Å². The van der Waals surface area contributed by atoms with Crippen molar-refractivity contribution in [3.05, 3.63) is 35.6 Å². The molecule has 1 atom stereocenters. The van der Waals surface area contributed by atoms with Gasteiger partial charge in [0.2, 0.25) is 0 Å². The Morgan fingerprint density at radius 2 is 2.12 bits per heavy atom. The molecule has 0 radical (unpaired) electrons. The standard InChI is InChI=1S/C14H22FNO/c1-11(2)10-17-7-6-13(9-16)12-4-3-5-14(15)8-12/h3-5,8,11,13H,6-7,9-10,16H2,1-2H3. The van der Waals surface area contributed by atoms with Crippen molar-refractivity contribution in [1.82, 2.24) is 0 Å². The SMILES string of the molecule is CC(C)COCCC(CN)c1cccc(F)c1. The summed E-state index contributed by atoms with van der Waals surface area (Å²) < 4.78 is 18.6. The number of hydrogen-bond acceptors (Lipinski definition) is 2. The van der Waals surface area contributed by atoms with Gasteiger partial charge in [-0.05, 0) is 42.5 Å². The molecule has 0 aliphatic heterocycles. The van der Waals surface area contributed by atoms with Crippen LogP contribution in [0.3, 0.4) is 0 Å². The second-order valence-corrected chi connectivity index (χ2v) is 4.75. The van der Waals surface area contributed by atoms with Gasteiger partial charge in [0.15, 0.2) is 0 Å². The first-order valence-corrected chi connectivity index (χ1v) is 6.16. The van der Waals surface area contributed by atoms with Gasteiger partial charge in [0, 0.05) is 13.2 Å². The van der Waals surface area contributed by atoms with Crippen molar-refractivity contribution < 1.29 is 9.13 Å². The van der Waals surface area contributed by atoms with Crippen LogP contribution in [0.2, 0.25) is 0 Å². The van der Waals surface area contributed by atoms with Gasteiger partial charge in [0.1, 0.15) is 5.82 Å². The third-order valence-corrected chi connectivity index (χ3v) is 2.67. The molecule has 2 nitrogen and oxygen atoms in total. The van der Waals surface area contributed by atoms with Crippen LogP contribution < -0.4 is 5.73 Å². The largest absolute Gasteiger partial charge is 0.381 e.